The first-order valence-corrected chi connectivity index (χ1v) is 8.59. The number of fused-ring (bicyclic) bond motifs is 1. The molecule has 1 aliphatic heterocycles. The maximum Gasteiger partial charge on any atom is 0.387 e. The maximum absolute atomic E-state index is 12.5. The van der Waals surface area contributed by atoms with Crippen molar-refractivity contribution in [2.45, 2.75) is 57.7 Å². The Morgan fingerprint density at radius 1 is 1.23 bits per heavy atom. The molecule has 1 heterocycles. The number of benzene rings is 1. The van der Waals surface area contributed by atoms with E-state index < -0.39 is 18.6 Å². The third-order valence-electron chi connectivity index (χ3n) is 4.83. The molecule has 2 aliphatic rings. The lowest BCUT2D eigenvalue weighted by Gasteiger charge is -2.29. The molecule has 1 fully saturated rings. The van der Waals surface area contributed by atoms with E-state index in [0.29, 0.717) is 12.8 Å². The van der Waals surface area contributed by atoms with Gasteiger partial charge in [0.15, 0.2) is 0 Å². The van der Waals surface area contributed by atoms with Crippen LogP contribution in [0, 0.1) is 0 Å². The van der Waals surface area contributed by atoms with Crippen LogP contribution in [0.1, 0.15) is 49.8 Å². The van der Waals surface area contributed by atoms with Gasteiger partial charge in [0.2, 0.25) is 17.7 Å². The van der Waals surface area contributed by atoms with E-state index >= 15 is 0 Å². The Morgan fingerprint density at radius 2 is 1.92 bits per heavy atom. The molecule has 6 nitrogen and oxygen atoms in total. The molecule has 140 valence electrons. The number of amides is 3. The van der Waals surface area contributed by atoms with Gasteiger partial charge in [0.05, 0.1) is 6.04 Å². The fraction of sp³-hybridized carbons (Fsp3) is 0.500. The third kappa shape index (κ3) is 3.68. The monoisotopic (exact) mass is 366 g/mol. The maximum atomic E-state index is 12.5. The molecule has 1 aromatic carbocycles. The number of aryl methyl sites for hydroxylation is 1. The molecule has 0 bridgehead atoms. The highest BCUT2D eigenvalue weighted by Crippen LogP contribution is 2.33. The SMILES string of the molecule is C[C@H](C(=O)N[C@H]1CCCc2cc(OC(F)F)ccc21)N1C(=O)CCC1=O. The Balaban J connectivity index is 1.72. The number of ether oxygens (including phenoxy) is 1. The summed E-state index contributed by atoms with van der Waals surface area (Å²) in [6.45, 7) is -1.36. The Kier molecular flexibility index (Phi) is 5.20. The number of hydrogen-bond acceptors (Lipinski definition) is 4. The van der Waals surface area contributed by atoms with Crippen LogP contribution in [-0.4, -0.2) is 35.3 Å². The third-order valence-corrected chi connectivity index (χ3v) is 4.83. The standard InChI is InChI=1S/C18H20F2N2O4/c1-10(22-15(23)7-8-16(22)24)17(25)21-14-4-2-3-11-9-12(26-18(19)20)5-6-13(11)14/h5-6,9-10,14,18H,2-4,7-8H2,1H3,(H,21,25)/t10-,14+/m1/s1. The summed E-state index contributed by atoms with van der Waals surface area (Å²) in [6.07, 6.45) is 2.46. The summed E-state index contributed by atoms with van der Waals surface area (Å²) in [7, 11) is 0. The van der Waals surface area contributed by atoms with Gasteiger partial charge in [-0.25, -0.2) is 0 Å². The van der Waals surface area contributed by atoms with Crippen molar-refractivity contribution < 1.29 is 27.9 Å². The normalized spacial score (nSPS) is 20.9. The topological polar surface area (TPSA) is 75.7 Å². The smallest absolute Gasteiger partial charge is 0.387 e. The van der Waals surface area contributed by atoms with Crippen molar-refractivity contribution in [1.29, 1.82) is 0 Å². The highest BCUT2D eigenvalue weighted by Gasteiger charge is 2.37. The lowest BCUT2D eigenvalue weighted by molar-refractivity contribution is -0.146. The lowest BCUT2D eigenvalue weighted by atomic mass is 9.87. The number of nitrogens with zero attached hydrogens (tertiary/aromatic N) is 1. The van der Waals surface area contributed by atoms with Crippen molar-refractivity contribution in [2.75, 3.05) is 0 Å². The second kappa shape index (κ2) is 7.39. The first kappa shape index (κ1) is 18.3. The first-order valence-electron chi connectivity index (χ1n) is 8.59. The van der Waals surface area contributed by atoms with Crippen molar-refractivity contribution in [3.63, 3.8) is 0 Å². The summed E-state index contributed by atoms with van der Waals surface area (Å²) in [4.78, 5) is 37.1. The molecule has 1 aromatic rings. The summed E-state index contributed by atoms with van der Waals surface area (Å²) < 4.78 is 29.1. The van der Waals surface area contributed by atoms with E-state index in [0.717, 1.165) is 22.4 Å². The van der Waals surface area contributed by atoms with Crippen molar-refractivity contribution in [1.82, 2.24) is 10.2 Å². The summed E-state index contributed by atoms with van der Waals surface area (Å²) in [5.74, 6) is -0.988. The molecule has 0 aromatic heterocycles. The number of alkyl halides is 2. The lowest BCUT2D eigenvalue weighted by Crippen LogP contribution is -2.48. The van der Waals surface area contributed by atoms with Crippen LogP contribution in [0.4, 0.5) is 8.78 Å². The Labute approximate surface area is 149 Å². The minimum absolute atomic E-state index is 0.0901. The van der Waals surface area contributed by atoms with Gasteiger partial charge in [0.25, 0.3) is 0 Å². The molecule has 26 heavy (non-hydrogen) atoms. The zero-order valence-electron chi connectivity index (χ0n) is 14.3. The molecule has 2 atom stereocenters. The van der Waals surface area contributed by atoms with Gasteiger partial charge in [-0.05, 0) is 49.4 Å². The second-order valence-electron chi connectivity index (χ2n) is 6.53. The van der Waals surface area contributed by atoms with Gasteiger partial charge in [-0.15, -0.1) is 0 Å². The average Bonchev–Trinajstić information content (AvgIpc) is 2.92. The van der Waals surface area contributed by atoms with E-state index in [2.05, 4.69) is 10.1 Å². The number of rotatable bonds is 5. The predicted octanol–water partition coefficient (Wildman–Crippen LogP) is 2.32. The van der Waals surface area contributed by atoms with Crippen LogP contribution in [-0.2, 0) is 20.8 Å². The molecular weight excluding hydrogens is 346 g/mol. The molecule has 8 heteroatoms. The van der Waals surface area contributed by atoms with Crippen molar-refractivity contribution >= 4 is 17.7 Å². The predicted molar refractivity (Wildman–Crippen MR) is 87.4 cm³/mol. The Hall–Kier alpha value is -2.51. The zero-order chi connectivity index (χ0) is 18.8. The van der Waals surface area contributed by atoms with E-state index in [1.54, 1.807) is 12.1 Å². The molecule has 0 spiro atoms. The fourth-order valence-electron chi connectivity index (χ4n) is 3.55. The van der Waals surface area contributed by atoms with Crippen LogP contribution in [0.15, 0.2) is 18.2 Å². The minimum atomic E-state index is -2.89. The van der Waals surface area contributed by atoms with E-state index in [4.69, 9.17) is 0 Å². The number of hydrogen-bond donors (Lipinski definition) is 1. The van der Waals surface area contributed by atoms with Crippen LogP contribution in [0.3, 0.4) is 0 Å². The number of nitrogens with one attached hydrogen (secondary N) is 1. The van der Waals surface area contributed by atoms with Crippen LogP contribution >= 0.6 is 0 Å². The molecule has 3 amide bonds. The minimum Gasteiger partial charge on any atom is -0.435 e. The highest BCUT2D eigenvalue weighted by atomic mass is 19.3. The number of carbonyl (C=O) groups is 3. The molecule has 1 saturated heterocycles. The Bertz CT molecular complexity index is 722. The Morgan fingerprint density at radius 3 is 2.58 bits per heavy atom. The van der Waals surface area contributed by atoms with Crippen LogP contribution < -0.4 is 10.1 Å². The van der Waals surface area contributed by atoms with Crippen molar-refractivity contribution in [2.24, 2.45) is 0 Å². The van der Waals surface area contributed by atoms with Gasteiger partial charge in [-0.1, -0.05) is 6.07 Å². The van der Waals surface area contributed by atoms with E-state index in [-0.39, 0.29) is 36.4 Å². The molecular formula is C18H20F2N2O4. The van der Waals surface area contributed by atoms with Gasteiger partial charge in [-0.2, -0.15) is 8.78 Å². The highest BCUT2D eigenvalue weighted by molar-refractivity contribution is 6.05. The summed E-state index contributed by atoms with van der Waals surface area (Å²) in [5, 5.41) is 2.88. The molecule has 3 rings (SSSR count). The van der Waals surface area contributed by atoms with Gasteiger partial charge >= 0.3 is 6.61 Å². The second-order valence-corrected chi connectivity index (χ2v) is 6.53. The summed E-state index contributed by atoms with van der Waals surface area (Å²) in [6, 6.07) is 3.53. The molecule has 0 unspecified atom stereocenters. The summed E-state index contributed by atoms with van der Waals surface area (Å²) >= 11 is 0. The average molecular weight is 366 g/mol. The fourth-order valence-corrected chi connectivity index (χ4v) is 3.55. The first-order chi connectivity index (χ1) is 12.4. The van der Waals surface area contributed by atoms with Gasteiger partial charge in [0, 0.05) is 12.8 Å². The van der Waals surface area contributed by atoms with E-state index in [9.17, 15) is 23.2 Å². The van der Waals surface area contributed by atoms with Gasteiger partial charge < -0.3 is 10.1 Å². The van der Waals surface area contributed by atoms with Gasteiger partial charge in [-0.3, -0.25) is 19.3 Å². The quantitative estimate of drug-likeness (QED) is 0.812. The molecule has 0 radical (unpaired) electrons. The van der Waals surface area contributed by atoms with E-state index in [1.165, 1.54) is 13.0 Å². The number of carbonyl (C=O) groups excluding carboxylic acids is 3. The van der Waals surface area contributed by atoms with Crippen molar-refractivity contribution in [3.8, 4) is 5.75 Å². The van der Waals surface area contributed by atoms with Crippen LogP contribution in [0.5, 0.6) is 5.75 Å². The van der Waals surface area contributed by atoms with E-state index in [1.807, 2.05) is 0 Å². The number of halogens is 2. The van der Waals surface area contributed by atoms with Crippen molar-refractivity contribution in [3.05, 3.63) is 29.3 Å². The summed E-state index contributed by atoms with van der Waals surface area (Å²) in [5.41, 5.74) is 1.69. The molecule has 0 saturated carbocycles. The van der Waals surface area contributed by atoms with Gasteiger partial charge in [0.1, 0.15) is 11.8 Å². The number of imide groups is 1. The van der Waals surface area contributed by atoms with Crippen LogP contribution in [0.2, 0.25) is 0 Å². The zero-order valence-corrected chi connectivity index (χ0v) is 14.3. The largest absolute Gasteiger partial charge is 0.435 e. The molecule has 1 aliphatic carbocycles. The number of likely N-dealkylation sites (tertiary alicyclic amines) is 1. The van der Waals surface area contributed by atoms with Crippen LogP contribution in [0.25, 0.3) is 0 Å². The molecule has 1 N–H and O–H groups in total.